The zero-order chi connectivity index (χ0) is 16.6. The number of aromatic nitrogens is 3. The minimum absolute atomic E-state index is 0.0335. The predicted molar refractivity (Wildman–Crippen MR) is 93.8 cm³/mol. The monoisotopic (exact) mass is 326 g/mol. The molecule has 24 heavy (non-hydrogen) atoms. The summed E-state index contributed by atoms with van der Waals surface area (Å²) in [5, 5.41) is 8.22. The maximum Gasteiger partial charge on any atom is 0.276 e. The fourth-order valence-corrected chi connectivity index (χ4v) is 3.21. The average molecular weight is 326 g/mol. The van der Waals surface area contributed by atoms with Crippen LogP contribution in [0.25, 0.3) is 0 Å². The van der Waals surface area contributed by atoms with E-state index in [4.69, 9.17) is 0 Å². The number of hydrogen-bond donors (Lipinski definition) is 0. The zero-order valence-electron chi connectivity index (χ0n) is 14.2. The lowest BCUT2D eigenvalue weighted by atomic mass is 10.1. The van der Waals surface area contributed by atoms with Gasteiger partial charge in [-0.2, -0.15) is 0 Å². The van der Waals surface area contributed by atoms with Gasteiger partial charge >= 0.3 is 0 Å². The number of carbonyl (C=O) groups is 1. The third-order valence-electron chi connectivity index (χ3n) is 4.60. The van der Waals surface area contributed by atoms with Crippen LogP contribution in [0.15, 0.2) is 36.5 Å². The Bertz CT molecular complexity index is 630. The maximum absolute atomic E-state index is 12.6. The second-order valence-corrected chi connectivity index (χ2v) is 6.52. The highest BCUT2D eigenvalue weighted by Gasteiger charge is 2.19. The van der Waals surface area contributed by atoms with Crippen molar-refractivity contribution in [1.29, 1.82) is 0 Å². The molecular formula is C19H26N4O. The lowest BCUT2D eigenvalue weighted by molar-refractivity contribution is 0.0736. The van der Waals surface area contributed by atoms with Crippen molar-refractivity contribution in [1.82, 2.24) is 19.9 Å². The highest BCUT2D eigenvalue weighted by Crippen LogP contribution is 2.13. The van der Waals surface area contributed by atoms with E-state index in [1.807, 2.05) is 11.0 Å². The van der Waals surface area contributed by atoms with Gasteiger partial charge in [0.1, 0.15) is 0 Å². The fraction of sp³-hybridized carbons (Fsp3) is 0.526. The van der Waals surface area contributed by atoms with Crippen molar-refractivity contribution in [2.45, 2.75) is 51.5 Å². The minimum Gasteiger partial charge on any atom is -0.337 e. The summed E-state index contributed by atoms with van der Waals surface area (Å²) in [6.07, 6.45) is 9.71. The molecule has 5 heteroatoms. The van der Waals surface area contributed by atoms with E-state index in [2.05, 4.69) is 34.6 Å². The van der Waals surface area contributed by atoms with Gasteiger partial charge in [0, 0.05) is 19.6 Å². The summed E-state index contributed by atoms with van der Waals surface area (Å²) in [5.41, 5.74) is 1.81. The van der Waals surface area contributed by atoms with Crippen LogP contribution in [0, 0.1) is 0 Å². The molecule has 3 rings (SSSR count). The molecule has 0 unspecified atom stereocenters. The Morgan fingerprint density at radius 1 is 1.00 bits per heavy atom. The quantitative estimate of drug-likeness (QED) is 0.847. The van der Waals surface area contributed by atoms with E-state index >= 15 is 0 Å². The summed E-state index contributed by atoms with van der Waals surface area (Å²) in [6.45, 7) is 2.48. The van der Waals surface area contributed by atoms with E-state index in [1.165, 1.54) is 24.8 Å². The number of likely N-dealkylation sites (tertiary alicyclic amines) is 1. The van der Waals surface area contributed by atoms with E-state index in [-0.39, 0.29) is 5.91 Å². The molecule has 0 saturated carbocycles. The minimum atomic E-state index is 0.0335. The second kappa shape index (κ2) is 8.62. The van der Waals surface area contributed by atoms with Gasteiger partial charge in [-0.25, -0.2) is 0 Å². The molecule has 1 fully saturated rings. The highest BCUT2D eigenvalue weighted by molar-refractivity contribution is 5.91. The smallest absolute Gasteiger partial charge is 0.276 e. The third kappa shape index (κ3) is 4.66. The third-order valence-corrected chi connectivity index (χ3v) is 4.60. The van der Waals surface area contributed by atoms with Crippen LogP contribution in [-0.4, -0.2) is 38.9 Å². The van der Waals surface area contributed by atoms with Gasteiger partial charge < -0.3 is 4.90 Å². The lowest BCUT2D eigenvalue weighted by Gasteiger charge is -2.23. The molecule has 1 amide bonds. The van der Waals surface area contributed by atoms with E-state index in [9.17, 15) is 4.79 Å². The van der Waals surface area contributed by atoms with Crippen molar-refractivity contribution in [3.05, 3.63) is 47.8 Å². The molecular weight excluding hydrogens is 300 g/mol. The van der Waals surface area contributed by atoms with Gasteiger partial charge in [-0.3, -0.25) is 9.48 Å². The van der Waals surface area contributed by atoms with Crippen LogP contribution in [0.4, 0.5) is 0 Å². The molecule has 1 aromatic carbocycles. The number of aryl methyl sites for hydroxylation is 2. The highest BCUT2D eigenvalue weighted by atomic mass is 16.2. The van der Waals surface area contributed by atoms with Crippen LogP contribution in [0.1, 0.15) is 54.6 Å². The summed E-state index contributed by atoms with van der Waals surface area (Å²) in [5.74, 6) is 0.0335. The van der Waals surface area contributed by atoms with Gasteiger partial charge in [0.05, 0.1) is 6.20 Å². The Labute approximate surface area is 143 Å². The number of nitrogens with zero attached hydrogens (tertiary/aromatic N) is 4. The van der Waals surface area contributed by atoms with Crippen LogP contribution in [0.2, 0.25) is 0 Å². The number of hydrogen-bond acceptors (Lipinski definition) is 3. The van der Waals surface area contributed by atoms with Crippen molar-refractivity contribution >= 4 is 5.91 Å². The topological polar surface area (TPSA) is 51.0 Å². The summed E-state index contributed by atoms with van der Waals surface area (Å²) >= 11 is 0. The first-order chi connectivity index (χ1) is 11.8. The predicted octanol–water partition coefficient (Wildman–Crippen LogP) is 3.32. The second-order valence-electron chi connectivity index (χ2n) is 6.52. The molecule has 1 saturated heterocycles. The zero-order valence-corrected chi connectivity index (χ0v) is 14.2. The number of rotatable bonds is 5. The molecule has 0 spiro atoms. The SMILES string of the molecule is O=C(c1cn(CCCc2ccccc2)nn1)N1CCCCCCC1. The first-order valence-corrected chi connectivity index (χ1v) is 9.06. The average Bonchev–Trinajstić information content (AvgIpc) is 3.04. The van der Waals surface area contributed by atoms with Crippen molar-refractivity contribution < 1.29 is 4.79 Å². The van der Waals surface area contributed by atoms with E-state index in [0.717, 1.165) is 45.3 Å². The molecule has 2 heterocycles. The van der Waals surface area contributed by atoms with Crippen molar-refractivity contribution in [2.24, 2.45) is 0 Å². The first kappa shape index (κ1) is 16.7. The first-order valence-electron chi connectivity index (χ1n) is 9.06. The van der Waals surface area contributed by atoms with E-state index in [1.54, 1.807) is 10.9 Å². The number of amides is 1. The number of benzene rings is 1. The maximum atomic E-state index is 12.6. The van der Waals surface area contributed by atoms with Gasteiger partial charge in [0.2, 0.25) is 0 Å². The number of carbonyl (C=O) groups excluding carboxylic acids is 1. The van der Waals surface area contributed by atoms with E-state index in [0.29, 0.717) is 5.69 Å². The summed E-state index contributed by atoms with van der Waals surface area (Å²) in [7, 11) is 0. The van der Waals surface area contributed by atoms with E-state index < -0.39 is 0 Å². The molecule has 0 radical (unpaired) electrons. The molecule has 128 valence electrons. The molecule has 1 aliphatic heterocycles. The van der Waals surface area contributed by atoms with Crippen LogP contribution < -0.4 is 0 Å². The van der Waals surface area contributed by atoms with Gasteiger partial charge in [-0.05, 0) is 31.2 Å². The molecule has 2 aromatic rings. The largest absolute Gasteiger partial charge is 0.337 e. The Balaban J connectivity index is 1.51. The van der Waals surface area contributed by atoms with Crippen LogP contribution in [0.3, 0.4) is 0 Å². The normalized spacial score (nSPS) is 15.8. The van der Waals surface area contributed by atoms with Crippen LogP contribution in [0.5, 0.6) is 0 Å². The molecule has 0 N–H and O–H groups in total. The van der Waals surface area contributed by atoms with Crippen LogP contribution >= 0.6 is 0 Å². The van der Waals surface area contributed by atoms with Crippen molar-refractivity contribution in [3.63, 3.8) is 0 Å². The van der Waals surface area contributed by atoms with Gasteiger partial charge in [0.25, 0.3) is 5.91 Å². The Morgan fingerprint density at radius 2 is 1.71 bits per heavy atom. The molecule has 0 aliphatic carbocycles. The molecule has 1 aromatic heterocycles. The van der Waals surface area contributed by atoms with Gasteiger partial charge in [-0.1, -0.05) is 54.8 Å². The Morgan fingerprint density at radius 3 is 2.46 bits per heavy atom. The summed E-state index contributed by atoms with van der Waals surface area (Å²) in [4.78, 5) is 14.5. The molecule has 5 nitrogen and oxygen atoms in total. The van der Waals surface area contributed by atoms with Gasteiger partial charge in [-0.15, -0.1) is 5.10 Å². The van der Waals surface area contributed by atoms with Crippen molar-refractivity contribution in [2.75, 3.05) is 13.1 Å². The lowest BCUT2D eigenvalue weighted by Crippen LogP contribution is -2.34. The Hall–Kier alpha value is -2.17. The molecule has 0 bridgehead atoms. The fourth-order valence-electron chi connectivity index (χ4n) is 3.21. The molecule has 1 aliphatic rings. The van der Waals surface area contributed by atoms with Crippen molar-refractivity contribution in [3.8, 4) is 0 Å². The molecule has 0 atom stereocenters. The summed E-state index contributed by atoms with van der Waals surface area (Å²) in [6, 6.07) is 10.4. The Kier molecular flexibility index (Phi) is 5.99. The standard InChI is InChI=1S/C19H26N4O/c24-19(22-13-7-2-1-3-8-14-22)18-16-23(21-20-18)15-9-12-17-10-5-4-6-11-17/h4-6,10-11,16H,1-3,7-9,12-15H2. The van der Waals surface area contributed by atoms with Crippen LogP contribution in [-0.2, 0) is 13.0 Å². The van der Waals surface area contributed by atoms with Gasteiger partial charge in [0.15, 0.2) is 5.69 Å². The summed E-state index contributed by atoms with van der Waals surface area (Å²) < 4.78 is 1.79.